The number of ether oxygens (including phenoxy) is 1. The van der Waals surface area contributed by atoms with Crippen LogP contribution in [0.15, 0.2) is 18.2 Å². The van der Waals surface area contributed by atoms with E-state index < -0.39 is 10.0 Å². The lowest BCUT2D eigenvalue weighted by molar-refractivity contribution is 0.319. The molecule has 0 heterocycles. The number of nitrogens with one attached hydrogen (secondary N) is 1. The van der Waals surface area contributed by atoms with Crippen LogP contribution in [0.1, 0.15) is 18.9 Å². The molecule has 1 aromatic carbocycles. The van der Waals surface area contributed by atoms with E-state index in [0.29, 0.717) is 18.0 Å². The standard InChI is InChI=1S/C11H17NO3S/c1-4-7-15-11-8-9(2)5-6-10(11)12-16(3,13)14/h5-6,8,12H,4,7H2,1-3H3. The van der Waals surface area contributed by atoms with Crippen LogP contribution in [0, 0.1) is 6.92 Å². The molecule has 5 heteroatoms. The summed E-state index contributed by atoms with van der Waals surface area (Å²) < 4.78 is 30.2. The van der Waals surface area contributed by atoms with E-state index in [9.17, 15) is 8.42 Å². The minimum absolute atomic E-state index is 0.488. The monoisotopic (exact) mass is 243 g/mol. The maximum atomic E-state index is 11.1. The first-order valence-electron chi connectivity index (χ1n) is 5.13. The van der Waals surface area contributed by atoms with E-state index >= 15 is 0 Å². The lowest BCUT2D eigenvalue weighted by Gasteiger charge is -2.12. The summed E-state index contributed by atoms with van der Waals surface area (Å²) in [6.45, 7) is 4.50. The first-order valence-corrected chi connectivity index (χ1v) is 7.03. The first kappa shape index (κ1) is 12.8. The summed E-state index contributed by atoms with van der Waals surface area (Å²) in [6.07, 6.45) is 2.00. The maximum absolute atomic E-state index is 11.1. The van der Waals surface area contributed by atoms with E-state index in [1.54, 1.807) is 6.07 Å². The average molecular weight is 243 g/mol. The summed E-state index contributed by atoms with van der Waals surface area (Å²) in [5, 5.41) is 0. The zero-order chi connectivity index (χ0) is 12.2. The SMILES string of the molecule is CCCOc1cc(C)ccc1NS(C)(=O)=O. The molecule has 0 fully saturated rings. The first-order chi connectivity index (χ1) is 7.42. The van der Waals surface area contributed by atoms with Gasteiger partial charge < -0.3 is 4.74 Å². The van der Waals surface area contributed by atoms with Gasteiger partial charge in [0, 0.05) is 0 Å². The Labute approximate surface area is 96.7 Å². The van der Waals surface area contributed by atoms with Crippen LogP contribution in [-0.4, -0.2) is 21.3 Å². The zero-order valence-corrected chi connectivity index (χ0v) is 10.6. The van der Waals surface area contributed by atoms with Crippen LogP contribution >= 0.6 is 0 Å². The average Bonchev–Trinajstić information content (AvgIpc) is 2.16. The Kier molecular flexibility index (Phi) is 4.18. The second kappa shape index (κ2) is 5.21. The summed E-state index contributed by atoms with van der Waals surface area (Å²) in [6, 6.07) is 5.37. The van der Waals surface area contributed by atoms with Crippen LogP contribution in [0.5, 0.6) is 5.75 Å². The van der Waals surface area contributed by atoms with Crippen LogP contribution in [-0.2, 0) is 10.0 Å². The van der Waals surface area contributed by atoms with Gasteiger partial charge in [-0.3, -0.25) is 4.72 Å². The topological polar surface area (TPSA) is 55.4 Å². The number of hydrogen-bond acceptors (Lipinski definition) is 3. The maximum Gasteiger partial charge on any atom is 0.229 e. The van der Waals surface area contributed by atoms with Gasteiger partial charge in [0.1, 0.15) is 5.75 Å². The molecule has 0 bridgehead atoms. The van der Waals surface area contributed by atoms with E-state index in [0.717, 1.165) is 18.2 Å². The molecule has 0 aliphatic heterocycles. The molecule has 1 rings (SSSR count). The smallest absolute Gasteiger partial charge is 0.229 e. The normalized spacial score (nSPS) is 11.2. The predicted molar refractivity (Wildman–Crippen MR) is 65.4 cm³/mol. The van der Waals surface area contributed by atoms with Gasteiger partial charge in [-0.15, -0.1) is 0 Å². The molecule has 16 heavy (non-hydrogen) atoms. The Balaban J connectivity index is 2.98. The summed E-state index contributed by atoms with van der Waals surface area (Å²) in [5.74, 6) is 0.576. The van der Waals surface area contributed by atoms with E-state index in [1.807, 2.05) is 26.0 Å². The minimum atomic E-state index is -3.27. The van der Waals surface area contributed by atoms with E-state index in [2.05, 4.69) is 4.72 Å². The molecule has 0 radical (unpaired) electrons. The second-order valence-electron chi connectivity index (χ2n) is 3.72. The van der Waals surface area contributed by atoms with Crippen molar-refractivity contribution in [3.63, 3.8) is 0 Å². The number of hydrogen-bond donors (Lipinski definition) is 1. The highest BCUT2D eigenvalue weighted by Gasteiger charge is 2.08. The molecule has 0 aliphatic carbocycles. The molecule has 90 valence electrons. The van der Waals surface area contributed by atoms with Gasteiger partial charge in [0.2, 0.25) is 10.0 Å². The number of benzene rings is 1. The lowest BCUT2D eigenvalue weighted by atomic mass is 10.2. The van der Waals surface area contributed by atoms with Crippen molar-refractivity contribution in [1.29, 1.82) is 0 Å². The van der Waals surface area contributed by atoms with Crippen LogP contribution < -0.4 is 9.46 Å². The van der Waals surface area contributed by atoms with Crippen molar-refractivity contribution in [2.45, 2.75) is 20.3 Å². The van der Waals surface area contributed by atoms with E-state index in [1.165, 1.54) is 0 Å². The summed E-state index contributed by atoms with van der Waals surface area (Å²) in [5.41, 5.74) is 1.52. The zero-order valence-electron chi connectivity index (χ0n) is 9.78. The third-order valence-electron chi connectivity index (χ3n) is 1.89. The predicted octanol–water partition coefficient (Wildman–Crippen LogP) is 2.16. The Hall–Kier alpha value is -1.23. The largest absolute Gasteiger partial charge is 0.491 e. The lowest BCUT2D eigenvalue weighted by Crippen LogP contribution is -2.11. The minimum Gasteiger partial charge on any atom is -0.491 e. The van der Waals surface area contributed by atoms with Crippen molar-refractivity contribution in [3.8, 4) is 5.75 Å². The Morgan fingerprint density at radius 3 is 2.62 bits per heavy atom. The van der Waals surface area contributed by atoms with Gasteiger partial charge in [-0.25, -0.2) is 8.42 Å². The van der Waals surface area contributed by atoms with Crippen molar-refractivity contribution >= 4 is 15.7 Å². The molecule has 0 atom stereocenters. The molecule has 0 unspecified atom stereocenters. The van der Waals surface area contributed by atoms with Gasteiger partial charge in [-0.2, -0.15) is 0 Å². The summed E-state index contributed by atoms with van der Waals surface area (Å²) in [7, 11) is -3.27. The molecule has 0 spiro atoms. The van der Waals surface area contributed by atoms with Crippen LogP contribution in [0.25, 0.3) is 0 Å². The molecule has 0 saturated heterocycles. The molecule has 1 N–H and O–H groups in total. The van der Waals surface area contributed by atoms with Gasteiger partial charge in [0.25, 0.3) is 0 Å². The van der Waals surface area contributed by atoms with Gasteiger partial charge >= 0.3 is 0 Å². The Morgan fingerprint density at radius 1 is 1.38 bits per heavy atom. The second-order valence-corrected chi connectivity index (χ2v) is 5.47. The van der Waals surface area contributed by atoms with Gasteiger partial charge in [0.15, 0.2) is 0 Å². The van der Waals surface area contributed by atoms with E-state index in [4.69, 9.17) is 4.74 Å². The van der Waals surface area contributed by atoms with Crippen LogP contribution in [0.2, 0.25) is 0 Å². The fourth-order valence-electron chi connectivity index (χ4n) is 1.25. The Bertz CT molecular complexity index is 454. The molecule has 1 aromatic rings. The number of sulfonamides is 1. The number of anilines is 1. The Morgan fingerprint density at radius 2 is 2.06 bits per heavy atom. The van der Waals surface area contributed by atoms with Crippen molar-refractivity contribution in [2.24, 2.45) is 0 Å². The van der Waals surface area contributed by atoms with Crippen molar-refractivity contribution in [2.75, 3.05) is 17.6 Å². The fourth-order valence-corrected chi connectivity index (χ4v) is 1.81. The summed E-state index contributed by atoms with van der Waals surface area (Å²) >= 11 is 0. The van der Waals surface area contributed by atoms with Crippen molar-refractivity contribution < 1.29 is 13.2 Å². The third kappa shape index (κ3) is 4.10. The number of rotatable bonds is 5. The molecular weight excluding hydrogens is 226 g/mol. The van der Waals surface area contributed by atoms with Gasteiger partial charge in [-0.1, -0.05) is 13.0 Å². The third-order valence-corrected chi connectivity index (χ3v) is 2.48. The fraction of sp³-hybridized carbons (Fsp3) is 0.455. The molecule has 0 aliphatic rings. The van der Waals surface area contributed by atoms with Crippen molar-refractivity contribution in [1.82, 2.24) is 0 Å². The highest BCUT2D eigenvalue weighted by Crippen LogP contribution is 2.26. The highest BCUT2D eigenvalue weighted by molar-refractivity contribution is 7.92. The quantitative estimate of drug-likeness (QED) is 0.862. The number of aryl methyl sites for hydroxylation is 1. The molecule has 0 amide bonds. The van der Waals surface area contributed by atoms with E-state index in [-0.39, 0.29) is 0 Å². The molecule has 0 aromatic heterocycles. The van der Waals surface area contributed by atoms with Crippen LogP contribution in [0.4, 0.5) is 5.69 Å². The highest BCUT2D eigenvalue weighted by atomic mass is 32.2. The molecular formula is C11H17NO3S. The van der Waals surface area contributed by atoms with Gasteiger partial charge in [0.05, 0.1) is 18.6 Å². The molecule has 0 saturated carbocycles. The summed E-state index contributed by atoms with van der Waals surface area (Å²) in [4.78, 5) is 0. The molecule has 4 nitrogen and oxygen atoms in total. The van der Waals surface area contributed by atoms with Crippen molar-refractivity contribution in [3.05, 3.63) is 23.8 Å². The van der Waals surface area contributed by atoms with Crippen LogP contribution in [0.3, 0.4) is 0 Å². The van der Waals surface area contributed by atoms with Gasteiger partial charge in [-0.05, 0) is 31.0 Å².